The molecule has 1 aliphatic rings. The molecule has 2 N–H and O–H groups in total. The normalized spacial score (nSPS) is 16.9. The average molecular weight is 311 g/mol. The van der Waals surface area contributed by atoms with Crippen LogP contribution < -0.4 is 5.32 Å². The number of carboxylic acid groups (broad SMARTS) is 1. The maximum Gasteiger partial charge on any atom is 0.356 e. The van der Waals surface area contributed by atoms with Crippen molar-refractivity contribution in [1.82, 2.24) is 9.88 Å². The van der Waals surface area contributed by atoms with Crippen molar-refractivity contribution in [1.29, 1.82) is 0 Å². The van der Waals surface area contributed by atoms with Crippen molar-refractivity contribution in [2.45, 2.75) is 26.7 Å². The van der Waals surface area contributed by atoms with E-state index >= 15 is 0 Å². The first-order valence-corrected chi connectivity index (χ1v) is 8.04. The molecule has 0 atom stereocenters. The molecule has 0 radical (unpaired) electrons. The van der Waals surface area contributed by atoms with E-state index in [1.807, 2.05) is 0 Å². The van der Waals surface area contributed by atoms with Gasteiger partial charge in [0.1, 0.15) is 4.88 Å². The predicted octanol–water partition coefficient (Wildman–Crippen LogP) is 2.19. The Hall–Kier alpha value is -1.47. The Morgan fingerprint density at radius 2 is 2.10 bits per heavy atom. The molecule has 7 heteroatoms. The number of aromatic carboxylic acids is 1. The van der Waals surface area contributed by atoms with Crippen LogP contribution in [0.5, 0.6) is 0 Å². The lowest BCUT2D eigenvalue weighted by atomic mass is 9.97. The van der Waals surface area contributed by atoms with Crippen LogP contribution in [0.25, 0.3) is 0 Å². The number of rotatable bonds is 6. The number of nitrogens with one attached hydrogen (secondary N) is 1. The molecule has 1 saturated heterocycles. The summed E-state index contributed by atoms with van der Waals surface area (Å²) in [6.07, 6.45) is 2.27. The minimum atomic E-state index is -1.15. The van der Waals surface area contributed by atoms with Gasteiger partial charge in [0.2, 0.25) is 0 Å². The lowest BCUT2D eigenvalue weighted by Crippen LogP contribution is -2.35. The second kappa shape index (κ2) is 7.00. The molecule has 0 bridgehead atoms. The van der Waals surface area contributed by atoms with Crippen molar-refractivity contribution in [3.05, 3.63) is 10.6 Å². The Labute approximate surface area is 128 Å². The van der Waals surface area contributed by atoms with Gasteiger partial charge in [-0.15, -0.1) is 0 Å². The second-order valence-electron chi connectivity index (χ2n) is 5.32. The number of carbonyl (C=O) groups excluding carboxylic acids is 1. The molecule has 0 spiro atoms. The number of carboxylic acids is 1. The number of carbonyl (C=O) groups is 2. The molecule has 2 rings (SSSR count). The summed E-state index contributed by atoms with van der Waals surface area (Å²) in [5, 5.41) is 12.8. The molecule has 21 heavy (non-hydrogen) atoms. The van der Waals surface area contributed by atoms with Crippen molar-refractivity contribution in [3.63, 3.8) is 0 Å². The first-order chi connectivity index (χ1) is 10.0. The highest BCUT2D eigenvalue weighted by Crippen LogP contribution is 2.25. The molecular formula is C14H21N3O3S. The topological polar surface area (TPSA) is 82.5 Å². The highest BCUT2D eigenvalue weighted by Gasteiger charge is 2.22. The zero-order valence-corrected chi connectivity index (χ0v) is 13.2. The van der Waals surface area contributed by atoms with Gasteiger partial charge in [0.15, 0.2) is 16.6 Å². The molecule has 0 unspecified atom stereocenters. The zero-order valence-electron chi connectivity index (χ0n) is 12.4. The Kier molecular flexibility index (Phi) is 5.30. The first kappa shape index (κ1) is 15.9. The summed E-state index contributed by atoms with van der Waals surface area (Å²) in [4.78, 5) is 29.2. The zero-order chi connectivity index (χ0) is 15.4. The Bertz CT molecular complexity index is 490. The SMILES string of the molecule is CCN1CCC(CNc2nc(C(=O)O)c(C(C)=O)s2)CC1. The predicted molar refractivity (Wildman–Crippen MR) is 82.4 cm³/mol. The summed E-state index contributed by atoms with van der Waals surface area (Å²) in [5.41, 5.74) is -0.143. The summed E-state index contributed by atoms with van der Waals surface area (Å²) in [5.74, 6) is -0.833. The van der Waals surface area contributed by atoms with E-state index in [1.54, 1.807) is 0 Å². The third-order valence-electron chi connectivity index (χ3n) is 3.85. The van der Waals surface area contributed by atoms with Crippen LogP contribution in [0.15, 0.2) is 0 Å². The van der Waals surface area contributed by atoms with Crippen molar-refractivity contribution >= 4 is 28.2 Å². The third kappa shape index (κ3) is 4.01. The fourth-order valence-corrected chi connectivity index (χ4v) is 3.38. The number of nitrogens with zero attached hydrogens (tertiary/aromatic N) is 2. The van der Waals surface area contributed by atoms with E-state index in [9.17, 15) is 9.59 Å². The number of hydrogen-bond acceptors (Lipinski definition) is 6. The lowest BCUT2D eigenvalue weighted by molar-refractivity contribution is 0.0687. The van der Waals surface area contributed by atoms with Crippen LogP contribution in [0.1, 0.15) is 46.8 Å². The van der Waals surface area contributed by atoms with Crippen molar-refractivity contribution in [2.24, 2.45) is 5.92 Å². The van der Waals surface area contributed by atoms with E-state index in [-0.39, 0.29) is 16.4 Å². The third-order valence-corrected chi connectivity index (χ3v) is 4.96. The van der Waals surface area contributed by atoms with Crippen LogP contribution in [0, 0.1) is 5.92 Å². The number of piperidine rings is 1. The molecule has 1 aromatic rings. The fourth-order valence-electron chi connectivity index (χ4n) is 2.52. The van der Waals surface area contributed by atoms with Gasteiger partial charge in [0.05, 0.1) is 0 Å². The minimum absolute atomic E-state index is 0.143. The number of Topliss-reactive ketones (excluding diaryl/α,β-unsaturated/α-hetero) is 1. The molecule has 0 aliphatic carbocycles. The van der Waals surface area contributed by atoms with Crippen LogP contribution in [0.4, 0.5) is 5.13 Å². The molecule has 1 aromatic heterocycles. The summed E-state index contributed by atoms with van der Waals surface area (Å²) in [6.45, 7) is 7.63. The highest BCUT2D eigenvalue weighted by molar-refractivity contribution is 7.17. The standard InChI is InChI=1S/C14H21N3O3S/c1-3-17-6-4-10(5-7-17)8-15-14-16-11(13(19)20)12(21-14)9(2)18/h10H,3-8H2,1-2H3,(H,15,16)(H,19,20). The highest BCUT2D eigenvalue weighted by atomic mass is 32.1. The monoisotopic (exact) mass is 311 g/mol. The van der Waals surface area contributed by atoms with Crippen molar-refractivity contribution in [2.75, 3.05) is 31.5 Å². The van der Waals surface area contributed by atoms with Crippen LogP contribution in [-0.2, 0) is 0 Å². The number of thiazole rings is 1. The Morgan fingerprint density at radius 3 is 2.57 bits per heavy atom. The number of likely N-dealkylation sites (tertiary alicyclic amines) is 1. The molecule has 1 fully saturated rings. The van der Waals surface area contributed by atoms with Gasteiger partial charge < -0.3 is 15.3 Å². The average Bonchev–Trinajstić information content (AvgIpc) is 2.90. The fraction of sp³-hybridized carbons (Fsp3) is 0.643. The number of hydrogen-bond donors (Lipinski definition) is 2. The molecule has 0 aromatic carbocycles. The summed E-state index contributed by atoms with van der Waals surface area (Å²) in [7, 11) is 0. The number of ketones is 1. The maximum absolute atomic E-state index is 11.4. The molecule has 6 nitrogen and oxygen atoms in total. The van der Waals surface area contributed by atoms with Gasteiger partial charge in [-0.3, -0.25) is 4.79 Å². The van der Waals surface area contributed by atoms with E-state index < -0.39 is 5.97 Å². The van der Waals surface area contributed by atoms with Gasteiger partial charge >= 0.3 is 5.97 Å². The molecule has 1 aliphatic heterocycles. The van der Waals surface area contributed by atoms with Crippen LogP contribution in [0.3, 0.4) is 0 Å². The maximum atomic E-state index is 11.4. The molecule has 0 amide bonds. The minimum Gasteiger partial charge on any atom is -0.476 e. The molecular weight excluding hydrogens is 290 g/mol. The molecule has 0 saturated carbocycles. The van der Waals surface area contributed by atoms with Gasteiger partial charge in [0.25, 0.3) is 0 Å². The quantitative estimate of drug-likeness (QED) is 0.784. The van der Waals surface area contributed by atoms with Gasteiger partial charge in [0, 0.05) is 13.5 Å². The van der Waals surface area contributed by atoms with Crippen molar-refractivity contribution in [3.8, 4) is 0 Å². The first-order valence-electron chi connectivity index (χ1n) is 7.22. The van der Waals surface area contributed by atoms with E-state index in [0.717, 1.165) is 50.4 Å². The van der Waals surface area contributed by atoms with Gasteiger partial charge in [-0.05, 0) is 38.4 Å². The summed E-state index contributed by atoms with van der Waals surface area (Å²) in [6, 6.07) is 0. The van der Waals surface area contributed by atoms with Crippen LogP contribution in [-0.4, -0.2) is 52.9 Å². The van der Waals surface area contributed by atoms with E-state index in [4.69, 9.17) is 5.11 Å². The largest absolute Gasteiger partial charge is 0.476 e. The van der Waals surface area contributed by atoms with Crippen molar-refractivity contribution < 1.29 is 14.7 Å². The smallest absolute Gasteiger partial charge is 0.356 e. The lowest BCUT2D eigenvalue weighted by Gasteiger charge is -2.30. The van der Waals surface area contributed by atoms with E-state index in [0.29, 0.717) is 11.0 Å². The van der Waals surface area contributed by atoms with Gasteiger partial charge in [-0.1, -0.05) is 18.3 Å². The number of anilines is 1. The molecule has 116 valence electrons. The van der Waals surface area contributed by atoms with Crippen LogP contribution >= 0.6 is 11.3 Å². The van der Waals surface area contributed by atoms with E-state index in [2.05, 4.69) is 22.1 Å². The molecule has 2 heterocycles. The second-order valence-corrected chi connectivity index (χ2v) is 6.32. The van der Waals surface area contributed by atoms with Gasteiger partial charge in [-0.25, -0.2) is 9.78 Å². The Morgan fingerprint density at radius 1 is 1.43 bits per heavy atom. The number of aromatic nitrogens is 1. The summed E-state index contributed by atoms with van der Waals surface area (Å²) >= 11 is 1.13. The Balaban J connectivity index is 1.93. The van der Waals surface area contributed by atoms with E-state index in [1.165, 1.54) is 6.92 Å². The summed E-state index contributed by atoms with van der Waals surface area (Å²) < 4.78 is 0. The van der Waals surface area contributed by atoms with Gasteiger partial charge in [-0.2, -0.15) is 0 Å². The van der Waals surface area contributed by atoms with Crippen LogP contribution in [0.2, 0.25) is 0 Å².